The molecular formula is C22H26N6O3. The molecule has 9 nitrogen and oxygen atoms in total. The lowest BCUT2D eigenvalue weighted by atomic mass is 10.1. The van der Waals surface area contributed by atoms with E-state index in [-0.39, 0.29) is 12.0 Å². The Morgan fingerprint density at radius 3 is 2.84 bits per heavy atom. The minimum absolute atomic E-state index is 0.0982. The fourth-order valence-electron chi connectivity index (χ4n) is 3.60. The fourth-order valence-corrected chi connectivity index (χ4v) is 3.60. The number of amides is 1. The van der Waals surface area contributed by atoms with E-state index in [1.807, 2.05) is 48.3 Å². The third-order valence-corrected chi connectivity index (χ3v) is 5.47. The summed E-state index contributed by atoms with van der Waals surface area (Å²) >= 11 is 0. The van der Waals surface area contributed by atoms with E-state index in [0.717, 1.165) is 17.1 Å². The molecule has 3 heterocycles. The number of hydrogen-bond acceptors (Lipinski definition) is 8. The van der Waals surface area contributed by atoms with Crippen LogP contribution in [0.2, 0.25) is 0 Å². The van der Waals surface area contributed by atoms with Gasteiger partial charge in [0.1, 0.15) is 24.0 Å². The number of methoxy groups -OCH3 is 1. The van der Waals surface area contributed by atoms with Gasteiger partial charge in [-0.3, -0.25) is 4.79 Å². The molecule has 0 radical (unpaired) electrons. The second kappa shape index (κ2) is 9.13. The lowest BCUT2D eigenvalue weighted by Crippen LogP contribution is -2.43. The minimum atomic E-state index is -0.294. The predicted octanol–water partition coefficient (Wildman–Crippen LogP) is 2.04. The zero-order valence-electron chi connectivity index (χ0n) is 17.7. The number of fused-ring (bicyclic) bond motifs is 1. The Balaban J connectivity index is 1.37. The topological polar surface area (TPSA) is 107 Å². The molecule has 1 amide bonds. The highest BCUT2D eigenvalue weighted by molar-refractivity contribution is 5.84. The highest BCUT2D eigenvalue weighted by Crippen LogP contribution is 2.24. The number of nitrogens with two attached hydrogens (primary N) is 1. The number of benzene rings is 1. The number of nitrogens with zero attached hydrogens (tertiary/aromatic N) is 5. The van der Waals surface area contributed by atoms with Gasteiger partial charge in [0.05, 0.1) is 31.3 Å². The Bertz CT molecular complexity index is 1060. The zero-order valence-corrected chi connectivity index (χ0v) is 17.7. The van der Waals surface area contributed by atoms with E-state index in [9.17, 15) is 4.79 Å². The van der Waals surface area contributed by atoms with Gasteiger partial charge in [0.2, 0.25) is 5.91 Å². The third-order valence-electron chi connectivity index (χ3n) is 5.47. The molecule has 1 unspecified atom stereocenters. The molecule has 0 spiro atoms. The van der Waals surface area contributed by atoms with Gasteiger partial charge >= 0.3 is 0 Å². The molecule has 162 valence electrons. The van der Waals surface area contributed by atoms with Crippen molar-refractivity contribution in [2.45, 2.75) is 12.5 Å². The number of ether oxygens (including phenoxy) is 2. The number of carbonyl (C=O) groups excluding carboxylic acids is 1. The van der Waals surface area contributed by atoms with Crippen molar-refractivity contribution in [1.29, 1.82) is 0 Å². The van der Waals surface area contributed by atoms with Crippen molar-refractivity contribution < 1.29 is 14.3 Å². The minimum Gasteiger partial charge on any atom is -0.497 e. The van der Waals surface area contributed by atoms with E-state index in [0.29, 0.717) is 49.5 Å². The standard InChI is InChI=1S/C22H26N6O3/c1-27(15-3-5-16(30-2)6-4-15)10-9-20(29)28-11-12-31-19(13-28)18-8-7-17-21(23)24-14-25-22(17)26-18/h3-8,14,19H,9-13H2,1-2H3,(H2,23,24,25,26). The molecular weight excluding hydrogens is 396 g/mol. The number of anilines is 2. The molecule has 31 heavy (non-hydrogen) atoms. The highest BCUT2D eigenvalue weighted by atomic mass is 16.5. The van der Waals surface area contributed by atoms with Crippen LogP contribution in [0, 0.1) is 0 Å². The lowest BCUT2D eigenvalue weighted by molar-refractivity contribution is -0.138. The van der Waals surface area contributed by atoms with Gasteiger partial charge in [0.25, 0.3) is 0 Å². The second-order valence-electron chi connectivity index (χ2n) is 7.43. The summed E-state index contributed by atoms with van der Waals surface area (Å²) in [5.41, 5.74) is 8.17. The van der Waals surface area contributed by atoms with Gasteiger partial charge in [-0.15, -0.1) is 0 Å². The Morgan fingerprint density at radius 1 is 1.26 bits per heavy atom. The van der Waals surface area contributed by atoms with Crippen LogP contribution < -0.4 is 15.4 Å². The van der Waals surface area contributed by atoms with Crippen LogP contribution in [0.4, 0.5) is 11.5 Å². The summed E-state index contributed by atoms with van der Waals surface area (Å²) in [4.78, 5) is 29.5. The van der Waals surface area contributed by atoms with Crippen LogP contribution in [0.1, 0.15) is 18.2 Å². The molecule has 0 saturated carbocycles. The SMILES string of the molecule is COc1ccc(N(C)CCC(=O)N2CCOC(c3ccc4c(N)ncnc4n3)C2)cc1. The molecule has 0 bridgehead atoms. The number of hydrogen-bond donors (Lipinski definition) is 1. The molecule has 3 aromatic rings. The van der Waals surface area contributed by atoms with Crippen molar-refractivity contribution in [3.63, 3.8) is 0 Å². The fraction of sp³-hybridized carbons (Fsp3) is 0.364. The number of morpholine rings is 1. The molecule has 2 N–H and O–H groups in total. The van der Waals surface area contributed by atoms with Crippen LogP contribution >= 0.6 is 0 Å². The highest BCUT2D eigenvalue weighted by Gasteiger charge is 2.26. The summed E-state index contributed by atoms with van der Waals surface area (Å²) in [6, 6.07) is 11.5. The quantitative estimate of drug-likeness (QED) is 0.643. The number of nitrogen functional groups attached to an aromatic ring is 1. The summed E-state index contributed by atoms with van der Waals surface area (Å²) in [5, 5.41) is 0.705. The number of pyridine rings is 1. The van der Waals surface area contributed by atoms with Crippen molar-refractivity contribution in [1.82, 2.24) is 19.9 Å². The maximum atomic E-state index is 12.8. The van der Waals surface area contributed by atoms with Crippen molar-refractivity contribution >= 4 is 28.4 Å². The van der Waals surface area contributed by atoms with Crippen LogP contribution in [0.3, 0.4) is 0 Å². The van der Waals surface area contributed by atoms with Crippen LogP contribution in [0.15, 0.2) is 42.7 Å². The molecule has 1 aromatic carbocycles. The van der Waals surface area contributed by atoms with Crippen molar-refractivity contribution in [2.24, 2.45) is 0 Å². The smallest absolute Gasteiger partial charge is 0.224 e. The summed E-state index contributed by atoms with van der Waals surface area (Å²) < 4.78 is 11.1. The zero-order chi connectivity index (χ0) is 21.8. The normalized spacial score (nSPS) is 16.3. The summed E-state index contributed by atoms with van der Waals surface area (Å²) in [7, 11) is 3.62. The maximum Gasteiger partial charge on any atom is 0.224 e. The molecule has 9 heteroatoms. The van der Waals surface area contributed by atoms with Crippen LogP contribution in [-0.4, -0.2) is 66.2 Å². The second-order valence-corrected chi connectivity index (χ2v) is 7.43. The first-order valence-corrected chi connectivity index (χ1v) is 10.2. The van der Waals surface area contributed by atoms with Crippen molar-refractivity contribution in [3.05, 3.63) is 48.4 Å². The molecule has 0 aliphatic carbocycles. The van der Waals surface area contributed by atoms with E-state index < -0.39 is 0 Å². The van der Waals surface area contributed by atoms with Gasteiger partial charge in [-0.05, 0) is 36.4 Å². The van der Waals surface area contributed by atoms with E-state index >= 15 is 0 Å². The largest absolute Gasteiger partial charge is 0.497 e. The summed E-state index contributed by atoms with van der Waals surface area (Å²) in [5.74, 6) is 1.30. The predicted molar refractivity (Wildman–Crippen MR) is 118 cm³/mol. The van der Waals surface area contributed by atoms with Gasteiger partial charge in [-0.1, -0.05) is 0 Å². The lowest BCUT2D eigenvalue weighted by Gasteiger charge is -2.33. The number of carbonyl (C=O) groups is 1. The molecule has 1 fully saturated rings. The molecule has 1 aliphatic heterocycles. The van der Waals surface area contributed by atoms with Gasteiger partial charge < -0.3 is 25.0 Å². The molecule has 1 saturated heterocycles. The van der Waals surface area contributed by atoms with E-state index in [4.69, 9.17) is 15.2 Å². The van der Waals surface area contributed by atoms with Gasteiger partial charge in [-0.2, -0.15) is 0 Å². The Labute approximate surface area is 180 Å². The Kier molecular flexibility index (Phi) is 6.13. The van der Waals surface area contributed by atoms with Crippen LogP contribution in [0.25, 0.3) is 11.0 Å². The first kappa shape index (κ1) is 20.8. The number of rotatable bonds is 6. The Hall–Kier alpha value is -3.46. The molecule has 1 atom stereocenters. The maximum absolute atomic E-state index is 12.8. The van der Waals surface area contributed by atoms with E-state index in [2.05, 4.69) is 19.9 Å². The van der Waals surface area contributed by atoms with E-state index in [1.54, 1.807) is 7.11 Å². The van der Waals surface area contributed by atoms with E-state index in [1.165, 1.54) is 6.33 Å². The average Bonchev–Trinajstić information content (AvgIpc) is 2.82. The first-order valence-electron chi connectivity index (χ1n) is 10.2. The van der Waals surface area contributed by atoms with Crippen LogP contribution in [0.5, 0.6) is 5.75 Å². The summed E-state index contributed by atoms with van der Waals surface area (Å²) in [6.07, 6.45) is 1.52. The molecule has 1 aliphatic rings. The van der Waals surface area contributed by atoms with Crippen LogP contribution in [-0.2, 0) is 9.53 Å². The third kappa shape index (κ3) is 4.66. The Morgan fingerprint density at radius 2 is 2.06 bits per heavy atom. The van der Waals surface area contributed by atoms with Crippen molar-refractivity contribution in [3.8, 4) is 5.75 Å². The molecule has 4 rings (SSSR count). The summed E-state index contributed by atoms with van der Waals surface area (Å²) in [6.45, 7) is 2.13. The van der Waals surface area contributed by atoms with Gasteiger partial charge in [0.15, 0.2) is 5.65 Å². The average molecular weight is 422 g/mol. The first-order chi connectivity index (χ1) is 15.0. The van der Waals surface area contributed by atoms with Gasteiger partial charge in [-0.25, -0.2) is 15.0 Å². The number of aromatic nitrogens is 3. The van der Waals surface area contributed by atoms with Crippen molar-refractivity contribution in [2.75, 3.05) is 51.0 Å². The molecule has 2 aromatic heterocycles. The monoisotopic (exact) mass is 422 g/mol. The van der Waals surface area contributed by atoms with Gasteiger partial charge in [0, 0.05) is 32.2 Å².